The molecule has 0 radical (unpaired) electrons. The molecule has 1 aliphatic rings. The predicted molar refractivity (Wildman–Crippen MR) is 76.6 cm³/mol. The Morgan fingerprint density at radius 2 is 1.70 bits per heavy atom. The molecule has 0 atom stereocenters. The number of ketones is 1. The molecule has 0 N–H and O–H groups in total. The molecule has 20 heavy (non-hydrogen) atoms. The number of hydrogen-bond donors (Lipinski definition) is 0. The molecule has 1 nitrogen and oxygen atoms in total. The van der Waals surface area contributed by atoms with Gasteiger partial charge < -0.3 is 0 Å². The fraction of sp³-hybridized carbons (Fsp3) is 0.0556. The minimum absolute atomic E-state index is 0.0717. The van der Waals surface area contributed by atoms with Crippen molar-refractivity contribution < 1.29 is 9.18 Å². The number of benzene rings is 3. The molecule has 3 aromatic carbocycles. The third-order valence-electron chi connectivity index (χ3n) is 3.96. The van der Waals surface area contributed by atoms with Crippen LogP contribution in [0.5, 0.6) is 0 Å². The van der Waals surface area contributed by atoms with Gasteiger partial charge in [0.15, 0.2) is 5.78 Å². The number of carbonyl (C=O) groups excluding carboxylic acids is 1. The summed E-state index contributed by atoms with van der Waals surface area (Å²) in [6.07, 6.45) is 0.480. The van der Waals surface area contributed by atoms with Gasteiger partial charge in [0.05, 0.1) is 0 Å². The topological polar surface area (TPSA) is 17.1 Å². The van der Waals surface area contributed by atoms with Gasteiger partial charge >= 0.3 is 0 Å². The van der Waals surface area contributed by atoms with Crippen molar-refractivity contribution in [1.29, 1.82) is 0 Å². The summed E-state index contributed by atoms with van der Waals surface area (Å²) in [5.74, 6) is -0.362. The molecule has 0 heterocycles. The van der Waals surface area contributed by atoms with Crippen LogP contribution in [0.25, 0.3) is 10.8 Å². The summed E-state index contributed by atoms with van der Waals surface area (Å²) in [5.41, 5.74) is 2.64. The van der Waals surface area contributed by atoms with Crippen LogP contribution >= 0.6 is 0 Å². The summed E-state index contributed by atoms with van der Waals surface area (Å²) in [5, 5.41) is 1.61. The summed E-state index contributed by atoms with van der Waals surface area (Å²) in [6.45, 7) is 0. The summed E-state index contributed by atoms with van der Waals surface area (Å²) < 4.78 is 14.3. The first-order valence-electron chi connectivity index (χ1n) is 6.58. The minimum atomic E-state index is -0.290. The van der Waals surface area contributed by atoms with Crippen molar-refractivity contribution in [1.82, 2.24) is 0 Å². The first-order chi connectivity index (χ1) is 9.75. The van der Waals surface area contributed by atoms with E-state index < -0.39 is 0 Å². The van der Waals surface area contributed by atoms with Gasteiger partial charge in [0, 0.05) is 23.1 Å². The number of fused-ring (bicyclic) bond motifs is 4. The molecular weight excluding hydrogens is 251 g/mol. The lowest BCUT2D eigenvalue weighted by Gasteiger charge is -2.20. The normalized spacial score (nSPS) is 13.2. The molecule has 2 heteroatoms. The van der Waals surface area contributed by atoms with Gasteiger partial charge in [0.25, 0.3) is 0 Å². The van der Waals surface area contributed by atoms with Gasteiger partial charge in [-0.3, -0.25) is 4.79 Å². The largest absolute Gasteiger partial charge is 0.289 e. The lowest BCUT2D eigenvalue weighted by atomic mass is 9.82. The van der Waals surface area contributed by atoms with Crippen LogP contribution in [0.15, 0.2) is 54.6 Å². The van der Waals surface area contributed by atoms with Crippen LogP contribution in [0.1, 0.15) is 27.0 Å². The van der Waals surface area contributed by atoms with E-state index in [9.17, 15) is 9.18 Å². The molecular formula is C18H11FO. The maximum Gasteiger partial charge on any atom is 0.194 e. The number of hydrogen-bond acceptors (Lipinski definition) is 1. The monoisotopic (exact) mass is 262 g/mol. The molecule has 0 unspecified atom stereocenters. The highest BCUT2D eigenvalue weighted by Crippen LogP contribution is 2.34. The van der Waals surface area contributed by atoms with Gasteiger partial charge in [-0.15, -0.1) is 0 Å². The zero-order valence-corrected chi connectivity index (χ0v) is 10.7. The molecule has 0 fully saturated rings. The van der Waals surface area contributed by atoms with Gasteiger partial charge in [-0.25, -0.2) is 4.39 Å². The Labute approximate surface area is 115 Å². The maximum atomic E-state index is 14.3. The second kappa shape index (κ2) is 4.01. The van der Waals surface area contributed by atoms with E-state index in [0.717, 1.165) is 16.3 Å². The van der Waals surface area contributed by atoms with Crippen molar-refractivity contribution in [2.24, 2.45) is 0 Å². The summed E-state index contributed by atoms with van der Waals surface area (Å²) in [4.78, 5) is 12.7. The zero-order chi connectivity index (χ0) is 13.7. The molecule has 96 valence electrons. The highest BCUT2D eigenvalue weighted by atomic mass is 19.1. The van der Waals surface area contributed by atoms with Crippen LogP contribution in [0, 0.1) is 5.82 Å². The minimum Gasteiger partial charge on any atom is -0.289 e. The Morgan fingerprint density at radius 1 is 0.950 bits per heavy atom. The summed E-state index contributed by atoms with van der Waals surface area (Å²) >= 11 is 0. The van der Waals surface area contributed by atoms with Crippen molar-refractivity contribution in [3.63, 3.8) is 0 Å². The summed E-state index contributed by atoms with van der Waals surface area (Å²) in [7, 11) is 0. The predicted octanol–water partition coefficient (Wildman–Crippen LogP) is 4.11. The average molecular weight is 262 g/mol. The van der Waals surface area contributed by atoms with Crippen molar-refractivity contribution in [3.05, 3.63) is 82.7 Å². The smallest absolute Gasteiger partial charge is 0.194 e. The van der Waals surface area contributed by atoms with Crippen molar-refractivity contribution in [2.75, 3.05) is 0 Å². The second-order valence-electron chi connectivity index (χ2n) is 5.10. The van der Waals surface area contributed by atoms with E-state index in [1.807, 2.05) is 48.5 Å². The molecule has 0 spiro atoms. The first kappa shape index (κ1) is 11.4. The molecule has 0 bridgehead atoms. The van der Waals surface area contributed by atoms with Crippen molar-refractivity contribution in [2.45, 2.75) is 6.42 Å². The first-order valence-corrected chi connectivity index (χ1v) is 6.58. The molecule has 0 aliphatic heterocycles. The molecule has 0 saturated carbocycles. The molecule has 0 aromatic heterocycles. The van der Waals surface area contributed by atoms with E-state index in [4.69, 9.17) is 0 Å². The molecule has 0 amide bonds. The van der Waals surface area contributed by atoms with E-state index in [2.05, 4.69) is 0 Å². The van der Waals surface area contributed by atoms with Crippen LogP contribution < -0.4 is 0 Å². The second-order valence-corrected chi connectivity index (χ2v) is 5.10. The number of halogens is 1. The fourth-order valence-corrected chi connectivity index (χ4v) is 3.01. The Hall–Kier alpha value is -2.48. The Kier molecular flexibility index (Phi) is 2.27. The Morgan fingerprint density at radius 3 is 2.60 bits per heavy atom. The maximum absolute atomic E-state index is 14.3. The van der Waals surface area contributed by atoms with Gasteiger partial charge in [-0.2, -0.15) is 0 Å². The number of rotatable bonds is 0. The van der Waals surface area contributed by atoms with Gasteiger partial charge in [-0.05, 0) is 22.4 Å². The Bertz CT molecular complexity index is 864. The van der Waals surface area contributed by atoms with E-state index in [0.29, 0.717) is 23.1 Å². The number of carbonyl (C=O) groups is 1. The lowest BCUT2D eigenvalue weighted by Crippen LogP contribution is -2.17. The van der Waals surface area contributed by atoms with Gasteiger partial charge in [0.2, 0.25) is 0 Å². The molecule has 0 saturated heterocycles. The lowest BCUT2D eigenvalue weighted by molar-refractivity contribution is 0.103. The van der Waals surface area contributed by atoms with Gasteiger partial charge in [0.1, 0.15) is 5.82 Å². The van der Waals surface area contributed by atoms with E-state index in [1.54, 1.807) is 0 Å². The average Bonchev–Trinajstić information content (AvgIpc) is 2.48. The van der Waals surface area contributed by atoms with E-state index >= 15 is 0 Å². The zero-order valence-electron chi connectivity index (χ0n) is 10.7. The molecule has 4 rings (SSSR count). The van der Waals surface area contributed by atoms with E-state index in [-0.39, 0.29) is 11.6 Å². The molecule has 1 aliphatic carbocycles. The van der Waals surface area contributed by atoms with Crippen molar-refractivity contribution in [3.8, 4) is 0 Å². The molecule has 3 aromatic rings. The van der Waals surface area contributed by atoms with E-state index in [1.165, 1.54) is 6.07 Å². The SMILES string of the molecule is O=C1c2ccccc2Cc2c(F)cc3ccccc3c21. The van der Waals surface area contributed by atoms with Crippen LogP contribution in [-0.4, -0.2) is 5.78 Å². The van der Waals surface area contributed by atoms with Crippen LogP contribution in [0.3, 0.4) is 0 Å². The third kappa shape index (κ3) is 1.45. The standard InChI is InChI=1S/C18H11FO/c19-16-10-12-6-1-3-7-13(12)17-15(16)9-11-5-2-4-8-14(11)18(17)20/h1-8,10H,9H2. The van der Waals surface area contributed by atoms with Crippen LogP contribution in [0.4, 0.5) is 4.39 Å². The Balaban J connectivity index is 2.11. The quantitative estimate of drug-likeness (QED) is 0.466. The van der Waals surface area contributed by atoms with Crippen LogP contribution in [-0.2, 0) is 6.42 Å². The van der Waals surface area contributed by atoms with Gasteiger partial charge in [-0.1, -0.05) is 48.5 Å². The highest BCUT2D eigenvalue weighted by molar-refractivity contribution is 6.19. The highest BCUT2D eigenvalue weighted by Gasteiger charge is 2.27. The van der Waals surface area contributed by atoms with Crippen LogP contribution in [0.2, 0.25) is 0 Å². The summed E-state index contributed by atoms with van der Waals surface area (Å²) in [6, 6.07) is 16.4. The third-order valence-corrected chi connectivity index (χ3v) is 3.96. The van der Waals surface area contributed by atoms with Crippen molar-refractivity contribution >= 4 is 16.6 Å². The fourth-order valence-electron chi connectivity index (χ4n) is 3.01.